The largest absolute Gasteiger partial charge is 0.366 e. The number of nitrogens with one attached hydrogen (secondary N) is 2. The number of aromatic nitrogens is 2. The lowest BCUT2D eigenvalue weighted by atomic mass is 10.2. The van der Waals surface area contributed by atoms with Crippen LogP contribution in [0.5, 0.6) is 0 Å². The molecule has 0 aliphatic carbocycles. The summed E-state index contributed by atoms with van der Waals surface area (Å²) in [7, 11) is 1.81. The van der Waals surface area contributed by atoms with Crippen LogP contribution in [0.3, 0.4) is 0 Å². The zero-order chi connectivity index (χ0) is 12.7. The first-order valence-corrected chi connectivity index (χ1v) is 7.66. The Hall–Kier alpha value is -0.490. The lowest BCUT2D eigenvalue weighted by Gasteiger charge is -2.15. The fraction of sp³-hybridized carbons (Fsp3) is 0.636. The van der Waals surface area contributed by atoms with Crippen LogP contribution in [0, 0.1) is 0 Å². The first-order valence-electron chi connectivity index (χ1n) is 5.72. The van der Waals surface area contributed by atoms with Crippen molar-refractivity contribution in [1.29, 1.82) is 0 Å². The number of hydrogen-bond acceptors (Lipinski definition) is 5. The molecule has 1 rings (SSSR count). The minimum atomic E-state index is 0.407. The van der Waals surface area contributed by atoms with Gasteiger partial charge in [-0.3, -0.25) is 0 Å². The van der Waals surface area contributed by atoms with E-state index < -0.39 is 0 Å². The summed E-state index contributed by atoms with van der Waals surface area (Å²) in [5.74, 6) is 3.82. The van der Waals surface area contributed by atoms with Crippen molar-refractivity contribution >= 4 is 39.5 Å². The van der Waals surface area contributed by atoms with Crippen molar-refractivity contribution < 1.29 is 0 Å². The molecule has 6 heteroatoms. The van der Waals surface area contributed by atoms with E-state index in [1.165, 1.54) is 11.5 Å². The van der Waals surface area contributed by atoms with Crippen molar-refractivity contribution in [2.75, 3.05) is 29.2 Å². The molecule has 4 nitrogen and oxygen atoms in total. The minimum Gasteiger partial charge on any atom is -0.366 e. The molecule has 0 saturated heterocycles. The van der Waals surface area contributed by atoms with E-state index in [1.807, 2.05) is 18.8 Å². The summed E-state index contributed by atoms with van der Waals surface area (Å²) in [5.41, 5.74) is 0. The van der Waals surface area contributed by atoms with E-state index >= 15 is 0 Å². The summed E-state index contributed by atoms with van der Waals surface area (Å²) in [6, 6.07) is 0.407. The van der Waals surface area contributed by atoms with Gasteiger partial charge in [-0.15, -0.1) is 0 Å². The van der Waals surface area contributed by atoms with Gasteiger partial charge in [0.2, 0.25) is 5.95 Å². The number of anilines is 2. The van der Waals surface area contributed by atoms with Gasteiger partial charge in [-0.1, -0.05) is 6.92 Å². The third kappa shape index (κ3) is 5.12. The Labute approximate surface area is 116 Å². The highest BCUT2D eigenvalue weighted by atomic mass is 79.9. The molecule has 0 aromatic carbocycles. The summed E-state index contributed by atoms with van der Waals surface area (Å²) in [5, 5.41) is 6.33. The average molecular weight is 319 g/mol. The Morgan fingerprint density at radius 3 is 2.94 bits per heavy atom. The average Bonchev–Trinajstić information content (AvgIpc) is 2.32. The van der Waals surface area contributed by atoms with Gasteiger partial charge >= 0.3 is 0 Å². The maximum absolute atomic E-state index is 4.37. The van der Waals surface area contributed by atoms with E-state index in [0.717, 1.165) is 16.7 Å². The molecule has 2 N–H and O–H groups in total. The lowest BCUT2D eigenvalue weighted by Crippen LogP contribution is -2.17. The Kier molecular flexibility index (Phi) is 6.65. The molecule has 0 saturated carbocycles. The molecule has 1 aromatic rings. The molecule has 96 valence electrons. The van der Waals surface area contributed by atoms with Crippen LogP contribution in [-0.4, -0.2) is 34.6 Å². The van der Waals surface area contributed by atoms with Crippen LogP contribution < -0.4 is 10.6 Å². The van der Waals surface area contributed by atoms with Gasteiger partial charge in [0.15, 0.2) is 0 Å². The van der Waals surface area contributed by atoms with Crippen molar-refractivity contribution in [2.45, 2.75) is 26.3 Å². The number of rotatable bonds is 7. The molecule has 0 aliphatic rings. The van der Waals surface area contributed by atoms with Gasteiger partial charge in [-0.25, -0.2) is 4.98 Å². The monoisotopic (exact) mass is 318 g/mol. The van der Waals surface area contributed by atoms with E-state index in [2.05, 4.69) is 50.4 Å². The fourth-order valence-corrected chi connectivity index (χ4v) is 2.41. The van der Waals surface area contributed by atoms with Gasteiger partial charge in [0.05, 0.1) is 4.47 Å². The molecule has 0 bridgehead atoms. The van der Waals surface area contributed by atoms with Crippen molar-refractivity contribution in [3.63, 3.8) is 0 Å². The minimum absolute atomic E-state index is 0.407. The second kappa shape index (κ2) is 7.76. The molecule has 17 heavy (non-hydrogen) atoms. The van der Waals surface area contributed by atoms with E-state index in [-0.39, 0.29) is 0 Å². The zero-order valence-corrected chi connectivity index (χ0v) is 12.9. The van der Waals surface area contributed by atoms with E-state index in [9.17, 15) is 0 Å². The molecule has 0 fully saturated rings. The smallest absolute Gasteiger partial charge is 0.224 e. The number of thioether (sulfide) groups is 1. The molecule has 0 spiro atoms. The maximum atomic E-state index is 4.37. The Bertz CT molecular complexity index is 348. The van der Waals surface area contributed by atoms with Crippen LogP contribution in [-0.2, 0) is 0 Å². The van der Waals surface area contributed by atoms with Crippen LogP contribution in [0.25, 0.3) is 0 Å². The quantitative estimate of drug-likeness (QED) is 0.756. The molecule has 1 aromatic heterocycles. The van der Waals surface area contributed by atoms with Gasteiger partial charge in [0.25, 0.3) is 0 Å². The number of nitrogens with zero attached hydrogens (tertiary/aromatic N) is 2. The van der Waals surface area contributed by atoms with E-state index in [0.29, 0.717) is 12.0 Å². The van der Waals surface area contributed by atoms with Crippen LogP contribution in [0.4, 0.5) is 11.8 Å². The highest BCUT2D eigenvalue weighted by Gasteiger charge is 2.07. The van der Waals surface area contributed by atoms with Gasteiger partial charge in [-0.05, 0) is 40.8 Å². The highest BCUT2D eigenvalue weighted by molar-refractivity contribution is 9.10. The molecule has 1 atom stereocenters. The standard InChI is InChI=1S/C11H19BrN4S/c1-4-17-6-5-8(2)15-10-9(12)7-14-11(13-3)16-10/h7-8H,4-6H2,1-3H3,(H2,13,14,15,16). The highest BCUT2D eigenvalue weighted by Crippen LogP contribution is 2.21. The van der Waals surface area contributed by atoms with Crippen molar-refractivity contribution in [2.24, 2.45) is 0 Å². The summed E-state index contributed by atoms with van der Waals surface area (Å²) in [4.78, 5) is 8.50. The second-order valence-electron chi connectivity index (χ2n) is 3.67. The maximum Gasteiger partial charge on any atom is 0.224 e. The van der Waals surface area contributed by atoms with Crippen molar-refractivity contribution in [3.8, 4) is 0 Å². The third-order valence-corrected chi connectivity index (χ3v) is 3.76. The molecular weight excluding hydrogens is 300 g/mol. The molecule has 1 heterocycles. The SMILES string of the molecule is CCSCCC(C)Nc1nc(NC)ncc1Br. The topological polar surface area (TPSA) is 49.8 Å². The molecule has 0 aliphatic heterocycles. The predicted octanol–water partition coefficient (Wildman–Crippen LogP) is 3.22. The number of hydrogen-bond donors (Lipinski definition) is 2. The normalized spacial score (nSPS) is 12.2. The summed E-state index contributed by atoms with van der Waals surface area (Å²) in [6.07, 6.45) is 2.89. The van der Waals surface area contributed by atoms with Gasteiger partial charge in [-0.2, -0.15) is 16.7 Å². The summed E-state index contributed by atoms with van der Waals surface area (Å²) < 4.78 is 0.895. The predicted molar refractivity (Wildman–Crippen MR) is 80.0 cm³/mol. The van der Waals surface area contributed by atoms with E-state index in [1.54, 1.807) is 6.20 Å². The summed E-state index contributed by atoms with van der Waals surface area (Å²) in [6.45, 7) is 4.35. The van der Waals surface area contributed by atoms with Gasteiger partial charge in [0, 0.05) is 19.3 Å². The molecule has 0 amide bonds. The molecule has 1 unspecified atom stereocenters. The molecular formula is C11H19BrN4S. The first-order chi connectivity index (χ1) is 8.17. The van der Waals surface area contributed by atoms with Gasteiger partial charge in [0.1, 0.15) is 5.82 Å². The van der Waals surface area contributed by atoms with E-state index in [4.69, 9.17) is 0 Å². The Balaban J connectivity index is 2.54. The fourth-order valence-electron chi connectivity index (χ4n) is 1.30. The second-order valence-corrected chi connectivity index (χ2v) is 5.92. The zero-order valence-electron chi connectivity index (χ0n) is 10.5. The van der Waals surface area contributed by atoms with Gasteiger partial charge < -0.3 is 10.6 Å². The first kappa shape index (κ1) is 14.6. The van der Waals surface area contributed by atoms with Crippen molar-refractivity contribution in [3.05, 3.63) is 10.7 Å². The van der Waals surface area contributed by atoms with Crippen LogP contribution in [0.2, 0.25) is 0 Å². The Morgan fingerprint density at radius 1 is 1.53 bits per heavy atom. The van der Waals surface area contributed by atoms with Crippen LogP contribution in [0.15, 0.2) is 10.7 Å². The third-order valence-electron chi connectivity index (χ3n) is 2.25. The van der Waals surface area contributed by atoms with Crippen molar-refractivity contribution in [1.82, 2.24) is 9.97 Å². The Morgan fingerprint density at radius 2 is 2.29 bits per heavy atom. The molecule has 0 radical (unpaired) electrons. The lowest BCUT2D eigenvalue weighted by molar-refractivity contribution is 0.765. The van der Waals surface area contributed by atoms with Crippen LogP contribution in [0.1, 0.15) is 20.3 Å². The number of halogens is 1. The van der Waals surface area contributed by atoms with Crippen LogP contribution >= 0.6 is 27.7 Å². The summed E-state index contributed by atoms with van der Waals surface area (Å²) >= 11 is 5.41.